The lowest BCUT2D eigenvalue weighted by Gasteiger charge is -2.51. The maximum Gasteiger partial charge on any atom is 0.104 e. The average Bonchev–Trinajstić information content (AvgIpc) is 3.40. The Morgan fingerprint density at radius 2 is 1.77 bits per heavy atom. The van der Waals surface area contributed by atoms with Crippen LogP contribution in [0.3, 0.4) is 0 Å². The minimum Gasteiger partial charge on any atom is -0.397 e. The molecule has 0 bridgehead atoms. The highest BCUT2D eigenvalue weighted by molar-refractivity contribution is 6.34. The predicted octanol–water partition coefficient (Wildman–Crippen LogP) is 4.23. The van der Waals surface area contributed by atoms with Gasteiger partial charge in [0.05, 0.1) is 10.7 Å². The zero-order chi connectivity index (χ0) is 15.1. The Bertz CT molecular complexity index is 793. The largest absolute Gasteiger partial charge is 0.397 e. The van der Waals surface area contributed by atoms with Gasteiger partial charge < -0.3 is 10.8 Å². The zero-order valence-corrected chi connectivity index (χ0v) is 13.0. The van der Waals surface area contributed by atoms with Crippen molar-refractivity contribution in [1.82, 2.24) is 0 Å². The van der Waals surface area contributed by atoms with Crippen molar-refractivity contribution >= 4 is 17.3 Å². The van der Waals surface area contributed by atoms with E-state index in [-0.39, 0.29) is 5.41 Å². The van der Waals surface area contributed by atoms with E-state index in [2.05, 4.69) is 12.1 Å². The van der Waals surface area contributed by atoms with Gasteiger partial charge in [-0.1, -0.05) is 41.9 Å². The van der Waals surface area contributed by atoms with E-state index < -0.39 is 5.60 Å². The Kier molecular flexibility index (Phi) is 2.28. The van der Waals surface area contributed by atoms with E-state index in [9.17, 15) is 5.11 Å². The summed E-state index contributed by atoms with van der Waals surface area (Å²) in [7, 11) is 0. The minimum absolute atomic E-state index is 0.0635. The molecule has 2 saturated carbocycles. The summed E-state index contributed by atoms with van der Waals surface area (Å²) in [4.78, 5) is 0. The Labute approximate surface area is 134 Å². The predicted molar refractivity (Wildman–Crippen MR) is 88.8 cm³/mol. The maximum absolute atomic E-state index is 11.4. The van der Waals surface area contributed by atoms with Gasteiger partial charge in [0.2, 0.25) is 0 Å². The van der Waals surface area contributed by atoms with Crippen LogP contribution in [0.15, 0.2) is 36.4 Å². The molecular formula is C19H18ClNO. The minimum atomic E-state index is -0.738. The monoisotopic (exact) mass is 311 g/mol. The Morgan fingerprint density at radius 1 is 1.09 bits per heavy atom. The molecule has 5 rings (SSSR count). The quantitative estimate of drug-likeness (QED) is 0.815. The maximum atomic E-state index is 11.4. The second-order valence-corrected chi connectivity index (χ2v) is 7.44. The molecule has 112 valence electrons. The van der Waals surface area contributed by atoms with Crippen molar-refractivity contribution in [2.24, 2.45) is 5.92 Å². The number of benzene rings is 2. The zero-order valence-electron chi connectivity index (χ0n) is 12.3. The van der Waals surface area contributed by atoms with E-state index in [4.69, 9.17) is 17.3 Å². The number of fused-ring (bicyclic) bond motifs is 2. The van der Waals surface area contributed by atoms with E-state index in [0.717, 1.165) is 42.4 Å². The first-order chi connectivity index (χ1) is 10.6. The van der Waals surface area contributed by atoms with Crippen molar-refractivity contribution in [1.29, 1.82) is 0 Å². The molecule has 3 aliphatic rings. The van der Waals surface area contributed by atoms with Crippen molar-refractivity contribution in [3.63, 3.8) is 0 Å². The van der Waals surface area contributed by atoms with Crippen molar-refractivity contribution < 1.29 is 5.11 Å². The van der Waals surface area contributed by atoms with Gasteiger partial charge in [0, 0.05) is 11.0 Å². The van der Waals surface area contributed by atoms with Gasteiger partial charge in [-0.2, -0.15) is 0 Å². The Balaban J connectivity index is 1.81. The van der Waals surface area contributed by atoms with Crippen molar-refractivity contribution in [3.05, 3.63) is 52.5 Å². The van der Waals surface area contributed by atoms with Crippen LogP contribution < -0.4 is 5.73 Å². The first kappa shape index (κ1) is 13.0. The van der Waals surface area contributed by atoms with Gasteiger partial charge in [-0.3, -0.25) is 0 Å². The number of hydrogen-bond donors (Lipinski definition) is 2. The first-order valence-electron chi connectivity index (χ1n) is 8.00. The van der Waals surface area contributed by atoms with Crippen LogP contribution in [0.4, 0.5) is 5.69 Å². The van der Waals surface area contributed by atoms with E-state index >= 15 is 0 Å². The molecule has 0 saturated heterocycles. The average molecular weight is 312 g/mol. The lowest BCUT2D eigenvalue weighted by molar-refractivity contribution is -0.0550. The molecule has 0 aliphatic heterocycles. The normalized spacial score (nSPS) is 27.4. The van der Waals surface area contributed by atoms with Crippen LogP contribution in [0.25, 0.3) is 11.1 Å². The van der Waals surface area contributed by atoms with Crippen LogP contribution in [0.5, 0.6) is 0 Å². The summed E-state index contributed by atoms with van der Waals surface area (Å²) in [6.45, 7) is 0. The molecule has 3 N–H and O–H groups in total. The van der Waals surface area contributed by atoms with Crippen LogP contribution >= 0.6 is 11.6 Å². The van der Waals surface area contributed by atoms with Crippen molar-refractivity contribution in [3.8, 4) is 11.1 Å². The molecule has 2 aromatic rings. The van der Waals surface area contributed by atoms with Crippen molar-refractivity contribution in [2.75, 3.05) is 5.73 Å². The fraction of sp³-hybridized carbons (Fsp3) is 0.368. The highest BCUT2D eigenvalue weighted by Gasteiger charge is 2.74. The molecule has 0 radical (unpaired) electrons. The molecule has 2 nitrogen and oxygen atoms in total. The van der Waals surface area contributed by atoms with Crippen LogP contribution in [0, 0.1) is 5.92 Å². The lowest BCUT2D eigenvalue weighted by atomic mass is 9.57. The number of anilines is 1. The molecule has 0 aromatic heterocycles. The molecule has 0 heterocycles. The van der Waals surface area contributed by atoms with E-state index in [1.165, 1.54) is 5.56 Å². The number of aliphatic hydroxyl groups is 1. The number of rotatable bonds is 2. The van der Waals surface area contributed by atoms with Gasteiger partial charge in [-0.25, -0.2) is 0 Å². The summed E-state index contributed by atoms with van der Waals surface area (Å²) in [5.41, 5.74) is 10.4. The smallest absolute Gasteiger partial charge is 0.104 e. The van der Waals surface area contributed by atoms with Crippen LogP contribution in [0.1, 0.15) is 36.8 Å². The van der Waals surface area contributed by atoms with Gasteiger partial charge in [-0.15, -0.1) is 0 Å². The lowest BCUT2D eigenvalue weighted by Crippen LogP contribution is -2.52. The fourth-order valence-electron chi connectivity index (χ4n) is 4.60. The third-order valence-electron chi connectivity index (χ3n) is 5.88. The van der Waals surface area contributed by atoms with Gasteiger partial charge in [0.1, 0.15) is 5.60 Å². The number of halogens is 1. The molecule has 2 aromatic carbocycles. The summed E-state index contributed by atoms with van der Waals surface area (Å²) >= 11 is 6.52. The Hall–Kier alpha value is -1.51. The van der Waals surface area contributed by atoms with Gasteiger partial charge in [0.15, 0.2) is 0 Å². The summed E-state index contributed by atoms with van der Waals surface area (Å²) in [6.07, 6.45) is 4.33. The van der Waals surface area contributed by atoms with Gasteiger partial charge in [-0.05, 0) is 54.4 Å². The highest BCUT2D eigenvalue weighted by Crippen LogP contribution is 2.77. The molecule has 2 fully saturated rings. The standard InChI is InChI=1S/C19H18ClNO/c20-17-14(21)10-13(11-4-2-1-3-5-11)15-16(17)19(22,12-6-7-12)18(15)8-9-18/h1-5,10,12,22H,6-9,21H2. The Morgan fingerprint density at radius 3 is 2.36 bits per heavy atom. The number of nitrogen functional groups attached to an aromatic ring is 1. The third-order valence-corrected chi connectivity index (χ3v) is 6.29. The molecule has 22 heavy (non-hydrogen) atoms. The summed E-state index contributed by atoms with van der Waals surface area (Å²) in [5, 5.41) is 12.0. The van der Waals surface area contributed by atoms with Gasteiger partial charge in [0.25, 0.3) is 0 Å². The molecule has 3 heteroatoms. The van der Waals surface area contributed by atoms with E-state index in [0.29, 0.717) is 16.6 Å². The van der Waals surface area contributed by atoms with Gasteiger partial charge >= 0.3 is 0 Å². The van der Waals surface area contributed by atoms with Crippen LogP contribution in [-0.2, 0) is 11.0 Å². The van der Waals surface area contributed by atoms with Crippen LogP contribution in [-0.4, -0.2) is 5.11 Å². The number of hydrogen-bond acceptors (Lipinski definition) is 2. The number of nitrogens with two attached hydrogens (primary N) is 1. The molecule has 1 atom stereocenters. The molecule has 0 amide bonds. The van der Waals surface area contributed by atoms with E-state index in [1.54, 1.807) is 0 Å². The molecule has 1 unspecified atom stereocenters. The SMILES string of the molecule is Nc1cc(-c2ccccc2)c2c(c1Cl)C(O)(C1CC1)C21CC1. The highest BCUT2D eigenvalue weighted by atomic mass is 35.5. The molecule has 3 aliphatic carbocycles. The topological polar surface area (TPSA) is 46.2 Å². The fourth-order valence-corrected chi connectivity index (χ4v) is 4.89. The molecular weight excluding hydrogens is 294 g/mol. The van der Waals surface area contributed by atoms with Crippen LogP contribution in [0.2, 0.25) is 5.02 Å². The summed E-state index contributed by atoms with van der Waals surface area (Å²) < 4.78 is 0. The summed E-state index contributed by atoms with van der Waals surface area (Å²) in [6, 6.07) is 12.3. The second kappa shape index (κ2) is 3.87. The summed E-state index contributed by atoms with van der Waals surface area (Å²) in [5.74, 6) is 0.366. The third kappa shape index (κ3) is 1.32. The van der Waals surface area contributed by atoms with E-state index in [1.807, 2.05) is 24.3 Å². The first-order valence-corrected chi connectivity index (χ1v) is 8.38. The molecule has 1 spiro atoms. The second-order valence-electron chi connectivity index (χ2n) is 7.07. The van der Waals surface area contributed by atoms with Crippen molar-refractivity contribution in [2.45, 2.75) is 36.7 Å².